The largest absolute Gasteiger partial charge is 0.466 e. The predicted octanol–water partition coefficient (Wildman–Crippen LogP) is 29.7. The standard InChI is InChI=1S/C90H173NO5/c1-3-5-7-9-11-13-15-17-19-21-23-24-44-47-50-54-58-62-66-70-74-78-82-88(93)87(86-92)91-89(94)83-79-75-71-67-63-59-55-51-48-45-42-40-38-36-34-32-30-28-26-25-27-29-31-33-35-37-39-41-43-46-49-53-57-61-65-69-73-77-81-85-96-90(95)84-80-76-72-68-64-60-56-52-22-20-18-16-14-12-10-8-6-4-2/h14,16,20,22,25-26,87-88,92-93H,3-13,15,17-19,21,23-24,27-86H2,1-2H3,(H,91,94)/b16-14-,22-20-,26-25-. The summed E-state index contributed by atoms with van der Waals surface area (Å²) in [5.74, 6) is -0.00874. The highest BCUT2D eigenvalue weighted by atomic mass is 16.5. The Morgan fingerprint density at radius 1 is 0.292 bits per heavy atom. The zero-order valence-electron chi connectivity index (χ0n) is 65.4. The highest BCUT2D eigenvalue weighted by molar-refractivity contribution is 5.76. The number of allylic oxidation sites excluding steroid dienone is 6. The second-order valence-corrected chi connectivity index (χ2v) is 30.6. The molecule has 0 radical (unpaired) electrons. The Labute approximate surface area is 602 Å². The van der Waals surface area contributed by atoms with E-state index < -0.39 is 12.1 Å². The molecule has 2 atom stereocenters. The van der Waals surface area contributed by atoms with Crippen molar-refractivity contribution in [1.82, 2.24) is 5.32 Å². The molecular formula is C90H173NO5. The summed E-state index contributed by atoms with van der Waals surface area (Å²) < 4.78 is 5.51. The third-order valence-electron chi connectivity index (χ3n) is 20.9. The van der Waals surface area contributed by atoms with E-state index in [1.807, 2.05) is 0 Å². The van der Waals surface area contributed by atoms with Crippen LogP contribution in [0.25, 0.3) is 0 Å². The molecule has 0 aromatic rings. The molecule has 0 rings (SSSR count). The van der Waals surface area contributed by atoms with Crippen LogP contribution in [-0.2, 0) is 14.3 Å². The van der Waals surface area contributed by atoms with E-state index in [1.165, 1.54) is 417 Å². The first kappa shape index (κ1) is 94.1. The Balaban J connectivity index is 3.32. The zero-order chi connectivity index (χ0) is 69.1. The van der Waals surface area contributed by atoms with Gasteiger partial charge in [-0.05, 0) is 83.5 Å². The molecule has 568 valence electrons. The fourth-order valence-electron chi connectivity index (χ4n) is 14.2. The first-order chi connectivity index (χ1) is 47.5. The van der Waals surface area contributed by atoms with E-state index in [0.717, 1.165) is 51.4 Å². The van der Waals surface area contributed by atoms with E-state index in [4.69, 9.17) is 4.74 Å². The minimum absolute atomic E-state index is 0.0161. The molecule has 96 heavy (non-hydrogen) atoms. The predicted molar refractivity (Wildman–Crippen MR) is 426 cm³/mol. The van der Waals surface area contributed by atoms with Crippen LogP contribution in [-0.4, -0.2) is 47.4 Å². The lowest BCUT2D eigenvalue weighted by Gasteiger charge is -2.22. The summed E-state index contributed by atoms with van der Waals surface area (Å²) in [6.45, 7) is 4.99. The Hall–Kier alpha value is -1.92. The van der Waals surface area contributed by atoms with Crippen LogP contribution in [0.1, 0.15) is 502 Å². The zero-order valence-corrected chi connectivity index (χ0v) is 65.4. The van der Waals surface area contributed by atoms with Gasteiger partial charge in [0.1, 0.15) is 0 Å². The topological polar surface area (TPSA) is 95.9 Å². The number of rotatable bonds is 84. The summed E-state index contributed by atoms with van der Waals surface area (Å²) in [5, 5.41) is 23.5. The van der Waals surface area contributed by atoms with Crippen molar-refractivity contribution in [3.05, 3.63) is 36.5 Å². The van der Waals surface area contributed by atoms with Gasteiger partial charge in [-0.1, -0.05) is 442 Å². The summed E-state index contributed by atoms with van der Waals surface area (Å²) >= 11 is 0. The van der Waals surface area contributed by atoms with Gasteiger partial charge in [-0.15, -0.1) is 0 Å². The van der Waals surface area contributed by atoms with Crippen molar-refractivity contribution in [2.75, 3.05) is 13.2 Å². The van der Waals surface area contributed by atoms with Crippen LogP contribution in [0.4, 0.5) is 0 Å². The molecular weight excluding hydrogens is 1170 g/mol. The van der Waals surface area contributed by atoms with Crippen LogP contribution in [0.15, 0.2) is 36.5 Å². The highest BCUT2D eigenvalue weighted by Gasteiger charge is 2.20. The van der Waals surface area contributed by atoms with Gasteiger partial charge in [0.25, 0.3) is 0 Å². The number of amides is 1. The van der Waals surface area contributed by atoms with E-state index >= 15 is 0 Å². The molecule has 0 saturated heterocycles. The number of ether oxygens (including phenoxy) is 1. The molecule has 6 nitrogen and oxygen atoms in total. The molecule has 1 amide bonds. The van der Waals surface area contributed by atoms with Crippen LogP contribution in [0.3, 0.4) is 0 Å². The molecule has 0 aliphatic carbocycles. The van der Waals surface area contributed by atoms with Crippen LogP contribution >= 0.6 is 0 Å². The number of nitrogens with one attached hydrogen (secondary N) is 1. The maximum absolute atomic E-state index is 12.6. The Morgan fingerprint density at radius 2 is 0.521 bits per heavy atom. The van der Waals surface area contributed by atoms with Gasteiger partial charge in [0.05, 0.1) is 25.4 Å². The number of unbranched alkanes of at least 4 members (excludes halogenated alkanes) is 67. The van der Waals surface area contributed by atoms with Crippen molar-refractivity contribution in [3.63, 3.8) is 0 Å². The fraction of sp³-hybridized carbons (Fsp3) is 0.911. The molecule has 0 spiro atoms. The lowest BCUT2D eigenvalue weighted by molar-refractivity contribution is -0.143. The van der Waals surface area contributed by atoms with E-state index in [1.54, 1.807) is 0 Å². The normalized spacial score (nSPS) is 12.6. The lowest BCUT2D eigenvalue weighted by atomic mass is 10.0. The number of hydrogen-bond acceptors (Lipinski definition) is 5. The summed E-state index contributed by atoms with van der Waals surface area (Å²) in [7, 11) is 0. The molecule has 0 aliphatic heterocycles. The van der Waals surface area contributed by atoms with Gasteiger partial charge in [-0.3, -0.25) is 9.59 Å². The molecule has 0 bridgehead atoms. The summed E-state index contributed by atoms with van der Waals surface area (Å²) in [6.07, 6.45) is 113. The van der Waals surface area contributed by atoms with E-state index in [9.17, 15) is 19.8 Å². The average molecular weight is 1350 g/mol. The van der Waals surface area contributed by atoms with E-state index in [0.29, 0.717) is 25.9 Å². The van der Waals surface area contributed by atoms with Crippen molar-refractivity contribution in [3.8, 4) is 0 Å². The molecule has 6 heteroatoms. The third-order valence-corrected chi connectivity index (χ3v) is 20.9. The molecule has 0 fully saturated rings. The van der Waals surface area contributed by atoms with Crippen molar-refractivity contribution in [1.29, 1.82) is 0 Å². The number of aliphatic hydroxyl groups excluding tert-OH is 2. The number of carbonyl (C=O) groups excluding carboxylic acids is 2. The first-order valence-corrected chi connectivity index (χ1v) is 44.2. The monoisotopic (exact) mass is 1350 g/mol. The second-order valence-electron chi connectivity index (χ2n) is 30.6. The fourth-order valence-corrected chi connectivity index (χ4v) is 14.2. The van der Waals surface area contributed by atoms with Crippen LogP contribution in [0.5, 0.6) is 0 Å². The van der Waals surface area contributed by atoms with Crippen molar-refractivity contribution in [2.45, 2.75) is 514 Å². The van der Waals surface area contributed by atoms with Crippen molar-refractivity contribution in [2.24, 2.45) is 0 Å². The van der Waals surface area contributed by atoms with E-state index in [-0.39, 0.29) is 18.5 Å². The Bertz CT molecular complexity index is 1560. The average Bonchev–Trinajstić information content (AvgIpc) is 2.36. The van der Waals surface area contributed by atoms with Gasteiger partial charge in [-0.2, -0.15) is 0 Å². The van der Waals surface area contributed by atoms with Gasteiger partial charge < -0.3 is 20.3 Å². The first-order valence-electron chi connectivity index (χ1n) is 44.2. The van der Waals surface area contributed by atoms with Crippen molar-refractivity contribution < 1.29 is 24.5 Å². The summed E-state index contributed by atoms with van der Waals surface area (Å²) in [5.41, 5.74) is 0. The molecule has 0 saturated carbocycles. The SMILES string of the molecule is CCCCCC/C=C\C/C=C\CCCCCCCCCC(=O)OCCCCCCCCCCCCCCCCCCCC/C=C\CCCCCCCCCCCCCCCCCCCC(=O)NC(CO)C(O)CCCCCCCCCCCCCCCCCCCCCCCC. The minimum atomic E-state index is -0.663. The summed E-state index contributed by atoms with van der Waals surface area (Å²) in [4.78, 5) is 24.7. The van der Waals surface area contributed by atoms with Crippen LogP contribution < -0.4 is 5.32 Å². The smallest absolute Gasteiger partial charge is 0.305 e. The molecule has 0 aliphatic rings. The minimum Gasteiger partial charge on any atom is -0.466 e. The van der Waals surface area contributed by atoms with Gasteiger partial charge >= 0.3 is 5.97 Å². The van der Waals surface area contributed by atoms with Crippen molar-refractivity contribution >= 4 is 11.9 Å². The quantitative estimate of drug-likeness (QED) is 0.0320. The molecule has 2 unspecified atom stereocenters. The molecule has 0 heterocycles. The second kappa shape index (κ2) is 85.5. The third kappa shape index (κ3) is 81.0. The summed E-state index contributed by atoms with van der Waals surface area (Å²) in [6, 6.07) is -0.539. The molecule has 3 N–H and O–H groups in total. The van der Waals surface area contributed by atoms with Crippen LogP contribution in [0, 0.1) is 0 Å². The lowest BCUT2D eigenvalue weighted by Crippen LogP contribution is -2.45. The Morgan fingerprint density at radius 3 is 0.812 bits per heavy atom. The number of aliphatic hydroxyl groups is 2. The number of hydrogen-bond donors (Lipinski definition) is 3. The van der Waals surface area contributed by atoms with E-state index in [2.05, 4.69) is 55.6 Å². The molecule has 0 aromatic heterocycles. The van der Waals surface area contributed by atoms with Gasteiger partial charge in [0, 0.05) is 12.8 Å². The van der Waals surface area contributed by atoms with Crippen LogP contribution in [0.2, 0.25) is 0 Å². The maximum Gasteiger partial charge on any atom is 0.305 e. The van der Waals surface area contributed by atoms with Gasteiger partial charge in [0.2, 0.25) is 5.91 Å². The number of carbonyl (C=O) groups is 2. The maximum atomic E-state index is 12.6. The number of esters is 1. The molecule has 0 aromatic carbocycles. The van der Waals surface area contributed by atoms with Gasteiger partial charge in [-0.25, -0.2) is 0 Å². The highest BCUT2D eigenvalue weighted by Crippen LogP contribution is 2.21. The Kier molecular flexibility index (Phi) is 83.8. The van der Waals surface area contributed by atoms with Gasteiger partial charge in [0.15, 0.2) is 0 Å².